The molecule has 0 aliphatic heterocycles. The zero-order valence-corrected chi connectivity index (χ0v) is 17.5. The van der Waals surface area contributed by atoms with Crippen LogP contribution in [0, 0.1) is 0 Å². The average Bonchev–Trinajstić information content (AvgIpc) is 2.82. The Morgan fingerprint density at radius 3 is 2.53 bits per heavy atom. The van der Waals surface area contributed by atoms with Gasteiger partial charge in [-0.3, -0.25) is 19.1 Å². The van der Waals surface area contributed by atoms with Crippen molar-refractivity contribution in [2.45, 2.75) is 19.5 Å². The number of fused-ring (bicyclic) bond motifs is 1. The third kappa shape index (κ3) is 4.73. The second-order valence-electron chi connectivity index (χ2n) is 7.42. The molecule has 2 amide bonds. The summed E-state index contributed by atoms with van der Waals surface area (Å²) in [6.45, 7) is 1.85. The molecule has 7 nitrogen and oxygen atoms in total. The Labute approximate surface area is 184 Å². The SMILES string of the molecule is CC(NC(=O)Cn1ncc(=O)c2ccccc21)c1cccc(NC(=O)c2ccccc2)c1. The molecule has 0 aliphatic carbocycles. The van der Waals surface area contributed by atoms with E-state index in [9.17, 15) is 14.4 Å². The number of carbonyl (C=O) groups excluding carboxylic acids is 2. The van der Waals surface area contributed by atoms with Crippen LogP contribution >= 0.6 is 0 Å². The van der Waals surface area contributed by atoms with E-state index in [1.807, 2.05) is 43.3 Å². The van der Waals surface area contributed by atoms with E-state index in [1.165, 1.54) is 10.9 Å². The van der Waals surface area contributed by atoms with Crippen molar-refractivity contribution in [2.24, 2.45) is 0 Å². The maximum atomic E-state index is 12.7. The monoisotopic (exact) mass is 426 g/mol. The Morgan fingerprint density at radius 2 is 1.72 bits per heavy atom. The van der Waals surface area contributed by atoms with Crippen LogP contribution in [0.25, 0.3) is 10.9 Å². The molecule has 2 N–H and O–H groups in total. The van der Waals surface area contributed by atoms with Crippen molar-refractivity contribution < 1.29 is 9.59 Å². The molecule has 0 radical (unpaired) electrons. The van der Waals surface area contributed by atoms with Crippen molar-refractivity contribution in [3.8, 4) is 0 Å². The predicted octanol–water partition coefficient (Wildman–Crippen LogP) is 3.53. The average molecular weight is 426 g/mol. The molecule has 7 heteroatoms. The fraction of sp³-hybridized carbons (Fsp3) is 0.120. The highest BCUT2D eigenvalue weighted by molar-refractivity contribution is 6.04. The van der Waals surface area contributed by atoms with Gasteiger partial charge in [0, 0.05) is 16.6 Å². The highest BCUT2D eigenvalue weighted by Crippen LogP contribution is 2.18. The molecule has 4 rings (SSSR count). The van der Waals surface area contributed by atoms with Crippen molar-refractivity contribution in [3.63, 3.8) is 0 Å². The maximum Gasteiger partial charge on any atom is 0.255 e. The number of carbonyl (C=O) groups is 2. The van der Waals surface area contributed by atoms with Crippen LogP contribution in [0.5, 0.6) is 0 Å². The third-order valence-corrected chi connectivity index (χ3v) is 5.11. The number of nitrogens with zero attached hydrogens (tertiary/aromatic N) is 2. The van der Waals surface area contributed by atoms with E-state index >= 15 is 0 Å². The van der Waals surface area contributed by atoms with Gasteiger partial charge in [-0.05, 0) is 48.9 Å². The van der Waals surface area contributed by atoms with Gasteiger partial charge in [-0.1, -0.05) is 42.5 Å². The number of rotatable bonds is 6. The Bertz CT molecular complexity index is 1330. The lowest BCUT2D eigenvalue weighted by Gasteiger charge is -2.17. The van der Waals surface area contributed by atoms with E-state index in [1.54, 1.807) is 42.5 Å². The summed E-state index contributed by atoms with van der Waals surface area (Å²) in [6.07, 6.45) is 1.22. The van der Waals surface area contributed by atoms with E-state index in [2.05, 4.69) is 15.7 Å². The molecule has 160 valence electrons. The van der Waals surface area contributed by atoms with Crippen LogP contribution in [0.15, 0.2) is 89.9 Å². The molecule has 3 aromatic carbocycles. The molecule has 0 spiro atoms. The first kappa shape index (κ1) is 21.0. The summed E-state index contributed by atoms with van der Waals surface area (Å²) in [5.41, 5.74) is 2.49. The summed E-state index contributed by atoms with van der Waals surface area (Å²) in [4.78, 5) is 37.0. The summed E-state index contributed by atoms with van der Waals surface area (Å²) in [5, 5.41) is 10.4. The number of hydrogen-bond acceptors (Lipinski definition) is 4. The standard InChI is InChI=1S/C25H22N4O3/c1-17(19-10-7-11-20(14-19)28-25(32)18-8-3-2-4-9-18)27-24(31)16-29-22-13-6-5-12-21(22)23(30)15-26-29/h2-15,17H,16H2,1H3,(H,27,31)(H,28,32). The summed E-state index contributed by atoms with van der Waals surface area (Å²) in [5.74, 6) is -0.437. The molecule has 0 bridgehead atoms. The van der Waals surface area contributed by atoms with Crippen molar-refractivity contribution in [2.75, 3.05) is 5.32 Å². The van der Waals surface area contributed by atoms with Gasteiger partial charge in [0.25, 0.3) is 5.91 Å². The molecular weight excluding hydrogens is 404 g/mol. The molecule has 0 aliphatic rings. The number of benzene rings is 3. The van der Waals surface area contributed by atoms with E-state index < -0.39 is 0 Å². The molecule has 32 heavy (non-hydrogen) atoms. The molecule has 0 fully saturated rings. The van der Waals surface area contributed by atoms with Crippen molar-refractivity contribution >= 4 is 28.4 Å². The molecule has 0 saturated carbocycles. The van der Waals surface area contributed by atoms with Crippen LogP contribution in [0.1, 0.15) is 28.9 Å². The van der Waals surface area contributed by atoms with Gasteiger partial charge in [0.15, 0.2) is 0 Å². The van der Waals surface area contributed by atoms with Gasteiger partial charge < -0.3 is 10.6 Å². The van der Waals surface area contributed by atoms with Crippen LogP contribution in [-0.2, 0) is 11.3 Å². The smallest absolute Gasteiger partial charge is 0.255 e. The van der Waals surface area contributed by atoms with Gasteiger partial charge in [0.2, 0.25) is 11.3 Å². The zero-order valence-electron chi connectivity index (χ0n) is 17.5. The molecular formula is C25H22N4O3. The highest BCUT2D eigenvalue weighted by atomic mass is 16.2. The van der Waals surface area contributed by atoms with Gasteiger partial charge in [-0.15, -0.1) is 0 Å². The quantitative estimate of drug-likeness (QED) is 0.493. The summed E-state index contributed by atoms with van der Waals surface area (Å²) < 4.78 is 1.51. The number of nitrogens with one attached hydrogen (secondary N) is 2. The number of para-hydroxylation sites is 1. The number of anilines is 1. The van der Waals surface area contributed by atoms with E-state index in [4.69, 9.17) is 0 Å². The lowest BCUT2D eigenvalue weighted by molar-refractivity contribution is -0.122. The lowest BCUT2D eigenvalue weighted by atomic mass is 10.1. The largest absolute Gasteiger partial charge is 0.348 e. The zero-order chi connectivity index (χ0) is 22.5. The van der Waals surface area contributed by atoms with Crippen LogP contribution < -0.4 is 16.1 Å². The Balaban J connectivity index is 1.44. The van der Waals surface area contributed by atoms with Crippen LogP contribution in [0.2, 0.25) is 0 Å². The van der Waals surface area contributed by atoms with Gasteiger partial charge in [-0.25, -0.2) is 0 Å². The minimum Gasteiger partial charge on any atom is -0.348 e. The Morgan fingerprint density at radius 1 is 0.969 bits per heavy atom. The number of aromatic nitrogens is 2. The first-order chi connectivity index (χ1) is 15.5. The van der Waals surface area contributed by atoms with E-state index in [-0.39, 0.29) is 29.8 Å². The minimum absolute atomic E-state index is 0.0183. The van der Waals surface area contributed by atoms with Crippen LogP contribution in [-0.4, -0.2) is 21.6 Å². The maximum absolute atomic E-state index is 12.7. The highest BCUT2D eigenvalue weighted by Gasteiger charge is 2.13. The predicted molar refractivity (Wildman–Crippen MR) is 123 cm³/mol. The normalized spacial score (nSPS) is 11.7. The van der Waals surface area contributed by atoms with Crippen molar-refractivity contribution in [3.05, 3.63) is 106 Å². The number of amides is 2. The first-order valence-electron chi connectivity index (χ1n) is 10.2. The second-order valence-corrected chi connectivity index (χ2v) is 7.42. The topological polar surface area (TPSA) is 93.1 Å². The van der Waals surface area contributed by atoms with Crippen LogP contribution in [0.3, 0.4) is 0 Å². The third-order valence-electron chi connectivity index (χ3n) is 5.11. The fourth-order valence-electron chi connectivity index (χ4n) is 3.47. The van der Waals surface area contributed by atoms with Crippen molar-refractivity contribution in [1.29, 1.82) is 0 Å². The summed E-state index contributed by atoms with van der Waals surface area (Å²) in [6, 6.07) is 23.1. The Kier molecular flexibility index (Phi) is 6.07. The molecule has 4 aromatic rings. The van der Waals surface area contributed by atoms with Gasteiger partial charge in [0.05, 0.1) is 17.8 Å². The first-order valence-corrected chi connectivity index (χ1v) is 10.2. The summed E-state index contributed by atoms with van der Waals surface area (Å²) >= 11 is 0. The Hall–Kier alpha value is -4.26. The van der Waals surface area contributed by atoms with Crippen LogP contribution in [0.4, 0.5) is 5.69 Å². The van der Waals surface area contributed by atoms with Gasteiger partial charge in [-0.2, -0.15) is 5.10 Å². The van der Waals surface area contributed by atoms with E-state index in [0.717, 1.165) is 5.56 Å². The minimum atomic E-state index is -0.290. The lowest BCUT2D eigenvalue weighted by Crippen LogP contribution is -2.31. The summed E-state index contributed by atoms with van der Waals surface area (Å²) in [7, 11) is 0. The van der Waals surface area contributed by atoms with Crippen molar-refractivity contribution in [1.82, 2.24) is 15.1 Å². The molecule has 0 saturated heterocycles. The molecule has 1 atom stereocenters. The van der Waals surface area contributed by atoms with E-state index in [0.29, 0.717) is 22.2 Å². The van der Waals surface area contributed by atoms with Gasteiger partial charge in [0.1, 0.15) is 6.54 Å². The molecule has 1 aromatic heterocycles. The molecule has 1 heterocycles. The fourth-order valence-corrected chi connectivity index (χ4v) is 3.47. The van der Waals surface area contributed by atoms with Gasteiger partial charge >= 0.3 is 0 Å². The number of hydrogen-bond donors (Lipinski definition) is 2. The molecule has 1 unspecified atom stereocenters. The second kappa shape index (κ2) is 9.26.